The zero-order valence-corrected chi connectivity index (χ0v) is 21.9. The first kappa shape index (κ1) is 25.2. The van der Waals surface area contributed by atoms with Crippen molar-refractivity contribution in [1.82, 2.24) is 10.3 Å². The number of para-hydroxylation sites is 2. The van der Waals surface area contributed by atoms with Crippen molar-refractivity contribution >= 4 is 45.9 Å². The standard InChI is InChI=1S/C28H28N6O4S/c35-27-23-12-11-21(18-22-4-3-17-39-22)33(30-19-7-9-20(10-8-19)34(37)38)26(23)28(36)32(27)25-6-2-1-5-24(25)31-15-13-29-14-16-31/h1-12,17,21,23,26,29-30H,13-16,18H2/t21-,23-,26+/m1/s1. The van der Waals surface area contributed by atoms with Crippen molar-refractivity contribution in [3.63, 3.8) is 0 Å². The van der Waals surface area contributed by atoms with E-state index in [0.717, 1.165) is 36.7 Å². The summed E-state index contributed by atoms with van der Waals surface area (Å²) in [4.78, 5) is 43.4. The fourth-order valence-corrected chi connectivity index (χ4v) is 6.29. The van der Waals surface area contributed by atoms with Crippen LogP contribution < -0.4 is 20.5 Å². The Labute approximate surface area is 229 Å². The van der Waals surface area contributed by atoms with Crippen molar-refractivity contribution in [2.75, 3.05) is 41.4 Å². The van der Waals surface area contributed by atoms with Crippen molar-refractivity contribution in [1.29, 1.82) is 0 Å². The number of piperazine rings is 1. The van der Waals surface area contributed by atoms with Gasteiger partial charge in [0.05, 0.1) is 28.3 Å². The maximum absolute atomic E-state index is 14.1. The maximum Gasteiger partial charge on any atom is 0.269 e. The van der Waals surface area contributed by atoms with Gasteiger partial charge in [0.2, 0.25) is 5.91 Å². The molecule has 0 radical (unpaired) electrons. The first-order valence-corrected chi connectivity index (χ1v) is 13.8. The minimum atomic E-state index is -0.765. The minimum absolute atomic E-state index is 0.0186. The smallest absolute Gasteiger partial charge is 0.269 e. The molecule has 2 aromatic carbocycles. The number of nitrogens with zero attached hydrogens (tertiary/aromatic N) is 4. The Hall–Kier alpha value is -4.06. The van der Waals surface area contributed by atoms with E-state index in [1.54, 1.807) is 23.5 Å². The van der Waals surface area contributed by atoms with Crippen LogP contribution in [0, 0.1) is 16.0 Å². The number of carbonyl (C=O) groups excluding carboxylic acids is 2. The molecule has 39 heavy (non-hydrogen) atoms. The number of non-ortho nitro benzene ring substituents is 1. The monoisotopic (exact) mass is 544 g/mol. The average molecular weight is 545 g/mol. The van der Waals surface area contributed by atoms with Gasteiger partial charge in [0, 0.05) is 55.3 Å². The maximum atomic E-state index is 14.1. The molecule has 1 aromatic heterocycles. The van der Waals surface area contributed by atoms with Crippen LogP contribution in [0.5, 0.6) is 0 Å². The normalized spacial score (nSPS) is 23.2. The van der Waals surface area contributed by atoms with Crippen LogP contribution in [0.3, 0.4) is 0 Å². The number of nitro benzene ring substituents is 1. The van der Waals surface area contributed by atoms with Crippen LogP contribution >= 0.6 is 11.3 Å². The van der Waals surface area contributed by atoms with Crippen LogP contribution in [0.4, 0.5) is 22.7 Å². The number of amides is 2. The summed E-state index contributed by atoms with van der Waals surface area (Å²) in [5, 5.41) is 18.3. The molecule has 3 aliphatic heterocycles. The van der Waals surface area contributed by atoms with Gasteiger partial charge in [0.25, 0.3) is 11.6 Å². The largest absolute Gasteiger partial charge is 0.367 e. The molecule has 11 heteroatoms. The highest BCUT2D eigenvalue weighted by atomic mass is 32.1. The molecule has 3 aliphatic rings. The lowest BCUT2D eigenvalue weighted by Crippen LogP contribution is -2.54. The lowest BCUT2D eigenvalue weighted by Gasteiger charge is -2.38. The highest BCUT2D eigenvalue weighted by Crippen LogP contribution is 2.39. The zero-order valence-electron chi connectivity index (χ0n) is 21.1. The van der Waals surface area contributed by atoms with Crippen LogP contribution in [0.2, 0.25) is 0 Å². The molecule has 10 nitrogen and oxygen atoms in total. The third-order valence-corrected chi connectivity index (χ3v) is 8.32. The highest BCUT2D eigenvalue weighted by Gasteiger charge is 2.53. The number of thiophene rings is 1. The molecule has 6 rings (SSSR count). The van der Waals surface area contributed by atoms with Crippen LogP contribution in [0.1, 0.15) is 4.88 Å². The quantitative estimate of drug-likeness (QED) is 0.202. The van der Waals surface area contributed by atoms with Crippen molar-refractivity contribution < 1.29 is 14.5 Å². The fourth-order valence-electron chi connectivity index (χ4n) is 5.53. The Balaban J connectivity index is 1.35. The third-order valence-electron chi connectivity index (χ3n) is 7.42. The number of hydrogen-bond donors (Lipinski definition) is 2. The molecule has 0 spiro atoms. The summed E-state index contributed by atoms with van der Waals surface area (Å²) >= 11 is 1.64. The number of hydrazine groups is 1. The first-order valence-electron chi connectivity index (χ1n) is 12.9. The lowest BCUT2D eigenvalue weighted by atomic mass is 9.93. The second kappa shape index (κ2) is 10.6. The van der Waals surface area contributed by atoms with E-state index in [-0.39, 0.29) is 23.5 Å². The third kappa shape index (κ3) is 4.80. The topological polar surface area (TPSA) is 111 Å². The highest BCUT2D eigenvalue weighted by molar-refractivity contribution is 7.09. The number of fused-ring (bicyclic) bond motifs is 1. The minimum Gasteiger partial charge on any atom is -0.367 e. The second-order valence-corrected chi connectivity index (χ2v) is 10.8. The summed E-state index contributed by atoms with van der Waals surface area (Å²) < 4.78 is 0. The number of nitrogens with one attached hydrogen (secondary N) is 2. The van der Waals surface area contributed by atoms with Crippen LogP contribution in [0.15, 0.2) is 78.2 Å². The summed E-state index contributed by atoms with van der Waals surface area (Å²) in [7, 11) is 0. The van der Waals surface area contributed by atoms with E-state index in [4.69, 9.17) is 0 Å². The summed E-state index contributed by atoms with van der Waals surface area (Å²) in [5.74, 6) is -1.20. The van der Waals surface area contributed by atoms with Crippen molar-refractivity contribution in [3.05, 3.63) is 93.2 Å². The summed E-state index contributed by atoms with van der Waals surface area (Å²) in [6.45, 7) is 3.25. The Bertz CT molecular complexity index is 1400. The number of imide groups is 1. The van der Waals surface area contributed by atoms with Crippen LogP contribution in [-0.4, -0.2) is 60.0 Å². The van der Waals surface area contributed by atoms with E-state index in [1.165, 1.54) is 17.0 Å². The molecular weight excluding hydrogens is 516 g/mol. The van der Waals surface area contributed by atoms with Gasteiger partial charge in [-0.05, 0) is 35.7 Å². The predicted molar refractivity (Wildman–Crippen MR) is 151 cm³/mol. The average Bonchev–Trinajstić information content (AvgIpc) is 3.56. The second-order valence-electron chi connectivity index (χ2n) is 9.77. The van der Waals surface area contributed by atoms with Gasteiger partial charge in [-0.25, -0.2) is 9.91 Å². The molecule has 2 fully saturated rings. The summed E-state index contributed by atoms with van der Waals surface area (Å²) in [5.41, 5.74) is 5.38. The van der Waals surface area contributed by atoms with Crippen molar-refractivity contribution in [2.24, 2.45) is 5.92 Å². The Morgan fingerprint density at radius 1 is 0.949 bits per heavy atom. The van der Waals surface area contributed by atoms with Crippen LogP contribution in [0.25, 0.3) is 0 Å². The van der Waals surface area contributed by atoms with Crippen molar-refractivity contribution in [3.8, 4) is 0 Å². The van der Waals surface area contributed by atoms with E-state index in [0.29, 0.717) is 17.8 Å². The molecule has 200 valence electrons. The molecule has 3 atom stereocenters. The van der Waals surface area contributed by atoms with Gasteiger partial charge in [-0.2, -0.15) is 0 Å². The van der Waals surface area contributed by atoms with Gasteiger partial charge in [0.1, 0.15) is 6.04 Å². The molecule has 2 saturated heterocycles. The summed E-state index contributed by atoms with van der Waals surface area (Å²) in [6.07, 6.45) is 4.50. The first-order chi connectivity index (χ1) is 19.0. The molecule has 0 unspecified atom stereocenters. The van der Waals surface area contributed by atoms with Gasteiger partial charge in [0.15, 0.2) is 0 Å². The SMILES string of the molecule is O=C1[C@@H]2[C@@H](C=C[C@H](Cc3cccs3)N2Nc2ccc([N+](=O)[O-])cc2)C(=O)N1c1ccccc1N1CCNCC1. The van der Waals surface area contributed by atoms with Gasteiger partial charge in [-0.3, -0.25) is 19.7 Å². The van der Waals surface area contributed by atoms with E-state index >= 15 is 0 Å². The number of nitro groups is 1. The Morgan fingerprint density at radius 2 is 1.69 bits per heavy atom. The Morgan fingerprint density at radius 3 is 2.38 bits per heavy atom. The molecule has 2 N–H and O–H groups in total. The lowest BCUT2D eigenvalue weighted by molar-refractivity contribution is -0.384. The van der Waals surface area contributed by atoms with E-state index in [9.17, 15) is 19.7 Å². The van der Waals surface area contributed by atoms with Crippen LogP contribution in [-0.2, 0) is 16.0 Å². The molecule has 0 bridgehead atoms. The molecule has 2 amide bonds. The van der Waals surface area contributed by atoms with Gasteiger partial charge in [-0.15, -0.1) is 11.3 Å². The van der Waals surface area contributed by atoms with Gasteiger partial charge in [-0.1, -0.05) is 30.4 Å². The molecule has 0 saturated carbocycles. The number of hydrogen-bond acceptors (Lipinski definition) is 9. The fraction of sp³-hybridized carbons (Fsp3) is 0.286. The van der Waals surface area contributed by atoms with Gasteiger partial charge >= 0.3 is 0 Å². The number of anilines is 3. The molecule has 0 aliphatic carbocycles. The number of rotatable bonds is 7. The zero-order chi connectivity index (χ0) is 26.9. The molecule has 3 aromatic rings. The number of benzene rings is 2. The van der Waals surface area contributed by atoms with E-state index in [1.807, 2.05) is 58.9 Å². The predicted octanol–water partition coefficient (Wildman–Crippen LogP) is 3.43. The summed E-state index contributed by atoms with van der Waals surface area (Å²) in [6, 6.07) is 16.7. The molecule has 4 heterocycles. The number of carbonyl (C=O) groups is 2. The van der Waals surface area contributed by atoms with E-state index in [2.05, 4.69) is 15.6 Å². The molecular formula is C28H28N6O4S. The van der Waals surface area contributed by atoms with Gasteiger partial charge < -0.3 is 15.6 Å². The van der Waals surface area contributed by atoms with Crippen molar-refractivity contribution in [2.45, 2.75) is 18.5 Å². The Kier molecular flexibility index (Phi) is 6.86. The van der Waals surface area contributed by atoms with E-state index < -0.39 is 16.9 Å².